The van der Waals surface area contributed by atoms with E-state index in [2.05, 4.69) is 15.9 Å². The van der Waals surface area contributed by atoms with Gasteiger partial charge in [-0.1, -0.05) is 15.9 Å². The van der Waals surface area contributed by atoms with Crippen molar-refractivity contribution in [3.05, 3.63) is 28.2 Å². The number of hydrogen-bond acceptors (Lipinski definition) is 3. The molecule has 1 rings (SSSR count). The maximum absolute atomic E-state index is 11.1. The van der Waals surface area contributed by atoms with Crippen LogP contribution < -0.4 is 10.5 Å². The van der Waals surface area contributed by atoms with E-state index in [1.807, 2.05) is 19.0 Å². The zero-order valence-corrected chi connectivity index (χ0v) is 11.0. The van der Waals surface area contributed by atoms with Crippen LogP contribution in [0, 0.1) is 0 Å². The van der Waals surface area contributed by atoms with Gasteiger partial charge in [-0.05, 0) is 32.3 Å². The van der Waals surface area contributed by atoms with Gasteiger partial charge >= 0.3 is 0 Å². The summed E-state index contributed by atoms with van der Waals surface area (Å²) in [7, 11) is 3.92. The number of nitrogens with two attached hydrogens (primary N) is 1. The smallest absolute Gasteiger partial charge is 0.252 e. The van der Waals surface area contributed by atoms with Crippen molar-refractivity contribution in [1.82, 2.24) is 4.90 Å². The standard InChI is InChI=1S/C11H15BrN2O2/c1-14(2)5-6-16-10-7-8(12)3-4-9(10)11(13)15/h3-4,7H,5-6H2,1-2H3,(H2,13,15). The maximum atomic E-state index is 11.1. The molecule has 0 bridgehead atoms. The third-order valence-electron chi connectivity index (χ3n) is 2.01. The fraction of sp³-hybridized carbons (Fsp3) is 0.364. The first kappa shape index (κ1) is 13.0. The van der Waals surface area contributed by atoms with Crippen LogP contribution in [0.1, 0.15) is 10.4 Å². The molecule has 0 aliphatic carbocycles. The average molecular weight is 287 g/mol. The predicted molar refractivity (Wildman–Crippen MR) is 66.7 cm³/mol. The first-order valence-electron chi connectivity index (χ1n) is 4.87. The molecule has 0 atom stereocenters. The number of ether oxygens (including phenoxy) is 1. The second kappa shape index (κ2) is 5.86. The molecule has 4 nitrogen and oxygen atoms in total. The third kappa shape index (κ3) is 3.83. The SMILES string of the molecule is CN(C)CCOc1cc(Br)ccc1C(N)=O. The number of amides is 1. The minimum atomic E-state index is -0.479. The summed E-state index contributed by atoms with van der Waals surface area (Å²) in [6.07, 6.45) is 0. The monoisotopic (exact) mass is 286 g/mol. The van der Waals surface area contributed by atoms with E-state index >= 15 is 0 Å². The molecule has 0 spiro atoms. The lowest BCUT2D eigenvalue weighted by molar-refractivity contribution is 0.0996. The summed E-state index contributed by atoms with van der Waals surface area (Å²) < 4.78 is 6.38. The number of halogens is 1. The first-order valence-corrected chi connectivity index (χ1v) is 5.67. The van der Waals surface area contributed by atoms with Crippen molar-refractivity contribution < 1.29 is 9.53 Å². The zero-order valence-electron chi connectivity index (χ0n) is 9.37. The molecule has 0 saturated carbocycles. The first-order chi connectivity index (χ1) is 7.50. The van der Waals surface area contributed by atoms with Crippen molar-refractivity contribution >= 4 is 21.8 Å². The number of carbonyl (C=O) groups excluding carboxylic acids is 1. The van der Waals surface area contributed by atoms with Crippen molar-refractivity contribution in [3.8, 4) is 5.75 Å². The molecule has 1 aromatic rings. The molecular formula is C11H15BrN2O2. The largest absolute Gasteiger partial charge is 0.491 e. The Bertz CT molecular complexity index is 380. The summed E-state index contributed by atoms with van der Waals surface area (Å²) in [4.78, 5) is 13.1. The molecule has 0 radical (unpaired) electrons. The van der Waals surface area contributed by atoms with E-state index in [4.69, 9.17) is 10.5 Å². The number of carbonyl (C=O) groups is 1. The lowest BCUT2D eigenvalue weighted by Gasteiger charge is -2.13. The Labute approximate surface area is 103 Å². The van der Waals surface area contributed by atoms with Crippen LogP contribution in [0.25, 0.3) is 0 Å². The molecule has 5 heteroatoms. The Morgan fingerprint density at radius 1 is 1.50 bits per heavy atom. The van der Waals surface area contributed by atoms with Crippen LogP contribution in [-0.2, 0) is 0 Å². The molecule has 1 aromatic carbocycles. The summed E-state index contributed by atoms with van der Waals surface area (Å²) in [6, 6.07) is 5.16. The molecule has 88 valence electrons. The Hall–Kier alpha value is -1.07. The highest BCUT2D eigenvalue weighted by Gasteiger charge is 2.09. The van der Waals surface area contributed by atoms with Crippen LogP contribution in [0.2, 0.25) is 0 Å². The summed E-state index contributed by atoms with van der Waals surface area (Å²) >= 11 is 3.32. The molecule has 1 amide bonds. The van der Waals surface area contributed by atoms with Gasteiger partial charge in [-0.2, -0.15) is 0 Å². The van der Waals surface area contributed by atoms with Gasteiger partial charge in [0.15, 0.2) is 0 Å². The second-order valence-electron chi connectivity index (χ2n) is 3.66. The van der Waals surface area contributed by atoms with Crippen LogP contribution in [0.4, 0.5) is 0 Å². The third-order valence-corrected chi connectivity index (χ3v) is 2.50. The van der Waals surface area contributed by atoms with Crippen LogP contribution in [-0.4, -0.2) is 38.1 Å². The highest BCUT2D eigenvalue weighted by molar-refractivity contribution is 9.10. The molecule has 2 N–H and O–H groups in total. The Morgan fingerprint density at radius 3 is 2.75 bits per heavy atom. The van der Waals surface area contributed by atoms with Gasteiger partial charge in [0.2, 0.25) is 0 Å². The van der Waals surface area contributed by atoms with Gasteiger partial charge in [-0.3, -0.25) is 4.79 Å². The lowest BCUT2D eigenvalue weighted by atomic mass is 10.2. The van der Waals surface area contributed by atoms with Gasteiger partial charge in [0.1, 0.15) is 12.4 Å². The van der Waals surface area contributed by atoms with Crippen molar-refractivity contribution in [2.24, 2.45) is 5.73 Å². The van der Waals surface area contributed by atoms with E-state index < -0.39 is 5.91 Å². The number of hydrogen-bond donors (Lipinski definition) is 1. The number of nitrogens with zero attached hydrogens (tertiary/aromatic N) is 1. The van der Waals surface area contributed by atoms with Crippen molar-refractivity contribution in [2.75, 3.05) is 27.2 Å². The van der Waals surface area contributed by atoms with E-state index in [0.717, 1.165) is 11.0 Å². The quantitative estimate of drug-likeness (QED) is 0.892. The molecule has 0 saturated heterocycles. The summed E-state index contributed by atoms with van der Waals surface area (Å²) in [5, 5.41) is 0. The minimum Gasteiger partial charge on any atom is -0.491 e. The van der Waals surface area contributed by atoms with Gasteiger partial charge in [0.05, 0.1) is 5.56 Å². The molecule has 0 heterocycles. The van der Waals surface area contributed by atoms with Crippen molar-refractivity contribution in [2.45, 2.75) is 0 Å². The van der Waals surface area contributed by atoms with E-state index in [9.17, 15) is 4.79 Å². The minimum absolute atomic E-state index is 0.405. The number of primary amides is 1. The van der Waals surface area contributed by atoms with Crippen LogP contribution >= 0.6 is 15.9 Å². The van der Waals surface area contributed by atoms with Crippen molar-refractivity contribution in [1.29, 1.82) is 0 Å². The molecule has 0 fully saturated rings. The maximum Gasteiger partial charge on any atom is 0.252 e. The predicted octanol–water partition coefficient (Wildman–Crippen LogP) is 1.49. The van der Waals surface area contributed by atoms with Gasteiger partial charge < -0.3 is 15.4 Å². The topological polar surface area (TPSA) is 55.6 Å². The second-order valence-corrected chi connectivity index (χ2v) is 4.57. The Morgan fingerprint density at radius 2 is 2.19 bits per heavy atom. The normalized spacial score (nSPS) is 10.5. The average Bonchev–Trinajstić information content (AvgIpc) is 2.16. The van der Waals surface area contributed by atoms with E-state index in [1.54, 1.807) is 18.2 Å². The fourth-order valence-corrected chi connectivity index (χ4v) is 1.50. The summed E-state index contributed by atoms with van der Waals surface area (Å²) in [5.74, 6) is 0.0380. The van der Waals surface area contributed by atoms with E-state index in [0.29, 0.717) is 17.9 Å². The van der Waals surface area contributed by atoms with Gasteiger partial charge in [0, 0.05) is 11.0 Å². The molecular weight excluding hydrogens is 272 g/mol. The number of rotatable bonds is 5. The van der Waals surface area contributed by atoms with Gasteiger partial charge in [-0.25, -0.2) is 0 Å². The van der Waals surface area contributed by atoms with Crippen molar-refractivity contribution in [3.63, 3.8) is 0 Å². The van der Waals surface area contributed by atoms with Gasteiger partial charge in [0.25, 0.3) is 5.91 Å². The summed E-state index contributed by atoms with van der Waals surface area (Å²) in [6.45, 7) is 1.30. The van der Waals surface area contributed by atoms with Gasteiger partial charge in [-0.15, -0.1) is 0 Å². The number of benzene rings is 1. The Kier molecular flexibility index (Phi) is 4.76. The lowest BCUT2D eigenvalue weighted by Crippen LogP contribution is -2.20. The van der Waals surface area contributed by atoms with E-state index in [1.165, 1.54) is 0 Å². The van der Waals surface area contributed by atoms with E-state index in [-0.39, 0.29) is 0 Å². The van der Waals surface area contributed by atoms with Crippen LogP contribution in [0.15, 0.2) is 22.7 Å². The zero-order chi connectivity index (χ0) is 12.1. The highest BCUT2D eigenvalue weighted by Crippen LogP contribution is 2.23. The molecule has 16 heavy (non-hydrogen) atoms. The molecule has 0 aromatic heterocycles. The van der Waals surface area contributed by atoms with Crippen LogP contribution in [0.3, 0.4) is 0 Å². The fourth-order valence-electron chi connectivity index (χ4n) is 1.16. The highest BCUT2D eigenvalue weighted by atomic mass is 79.9. The number of likely N-dealkylation sites (N-methyl/N-ethyl adjacent to an activating group) is 1. The molecule has 0 unspecified atom stereocenters. The summed E-state index contributed by atoms with van der Waals surface area (Å²) in [5.41, 5.74) is 5.66. The molecule has 0 aliphatic heterocycles. The Balaban J connectivity index is 2.76. The molecule has 0 aliphatic rings. The van der Waals surface area contributed by atoms with Crippen LogP contribution in [0.5, 0.6) is 5.75 Å².